The van der Waals surface area contributed by atoms with Crippen molar-refractivity contribution in [2.75, 3.05) is 31.1 Å². The van der Waals surface area contributed by atoms with Crippen LogP contribution in [0.3, 0.4) is 0 Å². The molecule has 0 spiro atoms. The molecule has 0 bridgehead atoms. The molecule has 0 radical (unpaired) electrons. The fourth-order valence-corrected chi connectivity index (χ4v) is 2.34. The minimum atomic E-state index is -1.29. The number of nitrogens with zero attached hydrogens (tertiary/aromatic N) is 4. The lowest BCUT2D eigenvalue weighted by atomic mass is 10.2. The first-order valence-electron chi connectivity index (χ1n) is 6.66. The number of carboxylic acid groups (broad SMARTS) is 1. The molecule has 0 aliphatic carbocycles. The van der Waals surface area contributed by atoms with Gasteiger partial charge in [-0.15, -0.1) is 0 Å². The van der Waals surface area contributed by atoms with Gasteiger partial charge in [-0.2, -0.15) is 4.98 Å². The molecule has 3 heterocycles. The Morgan fingerprint density at radius 3 is 2.68 bits per heavy atom. The molecular formula is C13H13N5O4. The molecule has 22 heavy (non-hydrogen) atoms. The maximum atomic E-state index is 12.0. The Morgan fingerprint density at radius 2 is 2.05 bits per heavy atom. The molecule has 9 heteroatoms. The monoisotopic (exact) mass is 303 g/mol. The van der Waals surface area contributed by atoms with Crippen LogP contribution in [0.25, 0.3) is 11.0 Å². The topological polar surface area (TPSA) is 119 Å². The second-order valence-corrected chi connectivity index (χ2v) is 4.90. The number of rotatable bonds is 3. The van der Waals surface area contributed by atoms with E-state index >= 15 is 0 Å². The van der Waals surface area contributed by atoms with E-state index in [0.717, 1.165) is 12.6 Å². The molecule has 2 aromatic heterocycles. The SMILES string of the molecule is O=CN1CCN(c2ncc3c(=O)c(C(=O)O)c[nH]c3n2)CC1. The lowest BCUT2D eigenvalue weighted by molar-refractivity contribution is -0.118. The van der Waals surface area contributed by atoms with Gasteiger partial charge in [-0.25, -0.2) is 9.78 Å². The number of H-pyrrole nitrogens is 1. The van der Waals surface area contributed by atoms with Crippen molar-refractivity contribution in [3.8, 4) is 0 Å². The predicted octanol–water partition coefficient (Wildman–Crippen LogP) is -0.705. The molecule has 114 valence electrons. The predicted molar refractivity (Wildman–Crippen MR) is 77.0 cm³/mol. The average molecular weight is 303 g/mol. The molecule has 1 aliphatic heterocycles. The van der Waals surface area contributed by atoms with Gasteiger partial charge in [0.1, 0.15) is 11.2 Å². The molecule has 0 unspecified atom stereocenters. The van der Waals surface area contributed by atoms with Gasteiger partial charge < -0.3 is 19.9 Å². The summed E-state index contributed by atoms with van der Waals surface area (Å²) in [5.41, 5.74) is -0.667. The van der Waals surface area contributed by atoms with Crippen LogP contribution in [0.4, 0.5) is 5.95 Å². The number of carbonyl (C=O) groups is 2. The van der Waals surface area contributed by atoms with Crippen LogP contribution >= 0.6 is 0 Å². The number of aromatic carboxylic acids is 1. The maximum absolute atomic E-state index is 12.0. The minimum absolute atomic E-state index is 0.134. The molecule has 0 aromatic carbocycles. The molecule has 0 atom stereocenters. The third-order valence-electron chi connectivity index (χ3n) is 3.60. The van der Waals surface area contributed by atoms with Crippen LogP contribution in [0.15, 0.2) is 17.2 Å². The quantitative estimate of drug-likeness (QED) is 0.719. The zero-order valence-corrected chi connectivity index (χ0v) is 11.5. The standard InChI is InChI=1S/C13H13N5O4/c19-7-17-1-3-18(4-2-17)13-15-5-8-10(20)9(12(21)22)6-14-11(8)16-13/h5-7H,1-4H2,(H,21,22)(H,14,15,16,20). The zero-order chi connectivity index (χ0) is 15.7. The van der Waals surface area contributed by atoms with Gasteiger partial charge in [-0.1, -0.05) is 0 Å². The molecule has 1 fully saturated rings. The normalized spacial score (nSPS) is 15.1. The second kappa shape index (κ2) is 5.43. The van der Waals surface area contributed by atoms with Crippen LogP contribution in [0.1, 0.15) is 10.4 Å². The third-order valence-corrected chi connectivity index (χ3v) is 3.60. The van der Waals surface area contributed by atoms with Gasteiger partial charge in [0.25, 0.3) is 0 Å². The molecule has 1 saturated heterocycles. The van der Waals surface area contributed by atoms with E-state index in [9.17, 15) is 14.4 Å². The number of aromatic amines is 1. The highest BCUT2D eigenvalue weighted by molar-refractivity contribution is 5.91. The van der Waals surface area contributed by atoms with E-state index < -0.39 is 11.4 Å². The Morgan fingerprint density at radius 1 is 1.32 bits per heavy atom. The number of hydrogen-bond acceptors (Lipinski definition) is 6. The van der Waals surface area contributed by atoms with Crippen LogP contribution in [0.5, 0.6) is 0 Å². The lowest BCUT2D eigenvalue weighted by Crippen LogP contribution is -2.46. The van der Waals surface area contributed by atoms with Crippen molar-refractivity contribution in [2.24, 2.45) is 0 Å². The summed E-state index contributed by atoms with van der Waals surface area (Å²) in [5, 5.41) is 9.06. The highest BCUT2D eigenvalue weighted by Gasteiger charge is 2.19. The number of carboxylic acids is 1. The number of pyridine rings is 1. The van der Waals surface area contributed by atoms with Crippen molar-refractivity contribution in [2.45, 2.75) is 0 Å². The first-order chi connectivity index (χ1) is 10.6. The summed E-state index contributed by atoms with van der Waals surface area (Å²) in [7, 11) is 0. The minimum Gasteiger partial charge on any atom is -0.477 e. The van der Waals surface area contributed by atoms with Gasteiger partial charge in [0, 0.05) is 38.6 Å². The fourth-order valence-electron chi connectivity index (χ4n) is 2.34. The number of fused-ring (bicyclic) bond motifs is 1. The van der Waals surface area contributed by atoms with Gasteiger partial charge in [-0.3, -0.25) is 9.59 Å². The molecule has 9 nitrogen and oxygen atoms in total. The van der Waals surface area contributed by atoms with Crippen LogP contribution in [0.2, 0.25) is 0 Å². The Kier molecular flexibility index (Phi) is 3.45. The highest BCUT2D eigenvalue weighted by Crippen LogP contribution is 2.13. The lowest BCUT2D eigenvalue weighted by Gasteiger charge is -2.32. The van der Waals surface area contributed by atoms with Gasteiger partial charge in [0.05, 0.1) is 5.39 Å². The van der Waals surface area contributed by atoms with Crippen molar-refractivity contribution in [1.82, 2.24) is 19.9 Å². The summed E-state index contributed by atoms with van der Waals surface area (Å²) in [4.78, 5) is 48.3. The molecule has 2 N–H and O–H groups in total. The second-order valence-electron chi connectivity index (χ2n) is 4.90. The largest absolute Gasteiger partial charge is 0.477 e. The number of anilines is 1. The number of hydrogen-bond donors (Lipinski definition) is 2. The first-order valence-corrected chi connectivity index (χ1v) is 6.66. The number of amides is 1. The number of nitrogens with one attached hydrogen (secondary N) is 1. The van der Waals surface area contributed by atoms with Crippen LogP contribution in [0, 0.1) is 0 Å². The molecular weight excluding hydrogens is 290 g/mol. The average Bonchev–Trinajstić information content (AvgIpc) is 2.54. The van der Waals surface area contributed by atoms with Crippen molar-refractivity contribution < 1.29 is 14.7 Å². The van der Waals surface area contributed by atoms with Gasteiger partial charge in [-0.05, 0) is 0 Å². The molecule has 3 rings (SSSR count). The highest BCUT2D eigenvalue weighted by atomic mass is 16.4. The van der Waals surface area contributed by atoms with Crippen LogP contribution in [-0.4, -0.2) is 63.5 Å². The van der Waals surface area contributed by atoms with Gasteiger partial charge in [0.2, 0.25) is 17.8 Å². The van der Waals surface area contributed by atoms with Gasteiger partial charge in [0.15, 0.2) is 0 Å². The zero-order valence-electron chi connectivity index (χ0n) is 11.5. The Hall–Kier alpha value is -2.97. The van der Waals surface area contributed by atoms with Crippen LogP contribution in [-0.2, 0) is 4.79 Å². The van der Waals surface area contributed by atoms with Crippen LogP contribution < -0.4 is 10.3 Å². The fraction of sp³-hybridized carbons (Fsp3) is 0.308. The van der Waals surface area contributed by atoms with E-state index in [0.29, 0.717) is 32.1 Å². The number of aromatic nitrogens is 3. The smallest absolute Gasteiger partial charge is 0.341 e. The third kappa shape index (κ3) is 2.36. The van der Waals surface area contributed by atoms with E-state index in [2.05, 4.69) is 15.0 Å². The van der Waals surface area contributed by atoms with Crippen molar-refractivity contribution in [3.63, 3.8) is 0 Å². The molecule has 1 amide bonds. The summed E-state index contributed by atoms with van der Waals surface area (Å²) < 4.78 is 0. The Labute approximate surface area is 124 Å². The van der Waals surface area contributed by atoms with E-state index in [1.165, 1.54) is 6.20 Å². The first kappa shape index (κ1) is 14.0. The number of piperazine rings is 1. The molecule has 0 saturated carbocycles. The van der Waals surface area contributed by atoms with Crippen molar-refractivity contribution >= 4 is 29.4 Å². The maximum Gasteiger partial charge on any atom is 0.341 e. The van der Waals surface area contributed by atoms with E-state index in [-0.39, 0.29) is 16.6 Å². The number of carbonyl (C=O) groups excluding carboxylic acids is 1. The summed E-state index contributed by atoms with van der Waals surface area (Å²) in [5.74, 6) is -0.853. The Balaban J connectivity index is 1.94. The van der Waals surface area contributed by atoms with E-state index in [4.69, 9.17) is 5.11 Å². The van der Waals surface area contributed by atoms with E-state index in [1.807, 2.05) is 4.90 Å². The summed E-state index contributed by atoms with van der Waals surface area (Å²) in [6.07, 6.45) is 3.27. The molecule has 1 aliphatic rings. The molecule has 2 aromatic rings. The summed E-state index contributed by atoms with van der Waals surface area (Å²) in [6, 6.07) is 0. The Bertz CT molecular complexity index is 795. The van der Waals surface area contributed by atoms with E-state index in [1.54, 1.807) is 4.90 Å². The van der Waals surface area contributed by atoms with Crippen molar-refractivity contribution in [1.29, 1.82) is 0 Å². The van der Waals surface area contributed by atoms with Gasteiger partial charge >= 0.3 is 5.97 Å². The van der Waals surface area contributed by atoms with Crippen molar-refractivity contribution in [3.05, 3.63) is 28.2 Å². The summed E-state index contributed by atoms with van der Waals surface area (Å²) in [6.45, 7) is 2.36. The summed E-state index contributed by atoms with van der Waals surface area (Å²) >= 11 is 0.